The molecule has 1 aliphatic carbocycles. The Bertz CT molecular complexity index is 482. The lowest BCUT2D eigenvalue weighted by molar-refractivity contribution is 0.253. The Labute approximate surface area is 127 Å². The maximum Gasteiger partial charge on any atom is 0.148 e. The van der Waals surface area contributed by atoms with Crippen LogP contribution in [-0.4, -0.2) is 19.1 Å². The fourth-order valence-electron chi connectivity index (χ4n) is 3.81. The number of nitrogens with zero attached hydrogens (tertiary/aromatic N) is 1. The Kier molecular flexibility index (Phi) is 4.37. The first-order chi connectivity index (χ1) is 10.1. The highest BCUT2D eigenvalue weighted by Gasteiger charge is 2.27. The Morgan fingerprint density at radius 3 is 2.57 bits per heavy atom. The Morgan fingerprint density at radius 1 is 1.10 bits per heavy atom. The first-order valence-electron chi connectivity index (χ1n) is 8.46. The maximum atomic E-state index is 14.3. The first-order valence-corrected chi connectivity index (χ1v) is 8.46. The summed E-state index contributed by atoms with van der Waals surface area (Å²) in [5.74, 6) is 1.32. The fraction of sp³-hybridized carbons (Fsp3) is 0.667. The van der Waals surface area contributed by atoms with E-state index in [4.69, 9.17) is 0 Å². The van der Waals surface area contributed by atoms with E-state index < -0.39 is 0 Å². The predicted molar refractivity (Wildman–Crippen MR) is 87.4 cm³/mol. The second kappa shape index (κ2) is 6.25. The molecule has 0 radical (unpaired) electrons. The third-order valence-corrected chi connectivity index (χ3v) is 5.45. The van der Waals surface area contributed by atoms with E-state index in [1.165, 1.54) is 32.1 Å². The van der Waals surface area contributed by atoms with Gasteiger partial charge in [0.15, 0.2) is 0 Å². The average molecular weight is 290 g/mol. The van der Waals surface area contributed by atoms with E-state index in [1.54, 1.807) is 6.07 Å². The molecule has 1 aromatic rings. The zero-order valence-electron chi connectivity index (χ0n) is 13.2. The summed E-state index contributed by atoms with van der Waals surface area (Å²) >= 11 is 0. The third-order valence-electron chi connectivity index (χ3n) is 5.45. The highest BCUT2D eigenvalue weighted by Crippen LogP contribution is 2.32. The van der Waals surface area contributed by atoms with Crippen molar-refractivity contribution < 1.29 is 4.39 Å². The molecule has 1 saturated heterocycles. The lowest BCUT2D eigenvalue weighted by atomic mass is 9.78. The molecule has 2 nitrogen and oxygen atoms in total. The van der Waals surface area contributed by atoms with Crippen molar-refractivity contribution in [1.29, 1.82) is 0 Å². The molecule has 1 heterocycles. The Hall–Kier alpha value is -1.25. The molecule has 3 atom stereocenters. The van der Waals surface area contributed by atoms with Crippen molar-refractivity contribution in [2.45, 2.75) is 52.0 Å². The molecule has 1 N–H and O–H groups in total. The molecule has 2 aliphatic rings. The second-order valence-corrected chi connectivity index (χ2v) is 6.88. The summed E-state index contributed by atoms with van der Waals surface area (Å²) in [7, 11) is 0. The van der Waals surface area contributed by atoms with Gasteiger partial charge in [-0.25, -0.2) is 4.39 Å². The van der Waals surface area contributed by atoms with E-state index in [0.717, 1.165) is 30.4 Å². The first kappa shape index (κ1) is 14.7. The largest absolute Gasteiger partial charge is 0.382 e. The van der Waals surface area contributed by atoms with E-state index in [9.17, 15) is 4.39 Å². The number of rotatable bonds is 3. The topological polar surface area (TPSA) is 15.3 Å². The van der Waals surface area contributed by atoms with Crippen LogP contribution in [0.15, 0.2) is 18.2 Å². The van der Waals surface area contributed by atoms with Gasteiger partial charge < -0.3 is 10.2 Å². The van der Waals surface area contributed by atoms with Gasteiger partial charge in [0.25, 0.3) is 0 Å². The third kappa shape index (κ3) is 3.17. The predicted octanol–water partition coefficient (Wildman–Crippen LogP) is 4.66. The van der Waals surface area contributed by atoms with Crippen LogP contribution in [0.3, 0.4) is 0 Å². The van der Waals surface area contributed by atoms with Crippen molar-refractivity contribution in [3.05, 3.63) is 24.0 Å². The fourth-order valence-corrected chi connectivity index (χ4v) is 3.81. The molecule has 3 unspecified atom stereocenters. The van der Waals surface area contributed by atoms with Crippen molar-refractivity contribution in [3.63, 3.8) is 0 Å². The van der Waals surface area contributed by atoms with Crippen LogP contribution in [0, 0.1) is 17.7 Å². The normalized spacial score (nSPS) is 29.7. The van der Waals surface area contributed by atoms with Crippen LogP contribution in [0.1, 0.15) is 46.0 Å². The Balaban J connectivity index is 1.70. The summed E-state index contributed by atoms with van der Waals surface area (Å²) in [6.07, 6.45) is 6.15. The van der Waals surface area contributed by atoms with E-state index in [1.807, 2.05) is 12.1 Å². The van der Waals surface area contributed by atoms with E-state index in [-0.39, 0.29) is 5.82 Å². The lowest BCUT2D eigenvalue weighted by Crippen LogP contribution is -2.35. The van der Waals surface area contributed by atoms with Crippen LogP contribution < -0.4 is 10.2 Å². The monoisotopic (exact) mass is 290 g/mol. The van der Waals surface area contributed by atoms with Gasteiger partial charge in [-0.2, -0.15) is 0 Å². The van der Waals surface area contributed by atoms with Crippen molar-refractivity contribution in [2.24, 2.45) is 11.8 Å². The molecule has 116 valence electrons. The zero-order valence-corrected chi connectivity index (χ0v) is 13.2. The number of nitrogens with one attached hydrogen (secondary N) is 1. The van der Waals surface area contributed by atoms with Gasteiger partial charge in [-0.1, -0.05) is 26.7 Å². The standard InChI is InChI=1S/C18H27FN2/c1-13-6-5-7-17(14(13)2)20-15-8-9-18(16(19)12-15)21-10-3-4-11-21/h8-9,12-14,17,20H,3-7,10-11H2,1-2H3. The number of halogens is 1. The molecule has 21 heavy (non-hydrogen) atoms. The number of hydrogen-bond donors (Lipinski definition) is 1. The highest BCUT2D eigenvalue weighted by molar-refractivity contribution is 5.57. The molecule has 0 bridgehead atoms. The Morgan fingerprint density at radius 2 is 1.86 bits per heavy atom. The molecule has 0 amide bonds. The molecule has 0 aromatic heterocycles. The van der Waals surface area contributed by atoms with Crippen LogP contribution in [0.25, 0.3) is 0 Å². The van der Waals surface area contributed by atoms with Crippen molar-refractivity contribution >= 4 is 11.4 Å². The summed E-state index contributed by atoms with van der Waals surface area (Å²) in [5, 5.41) is 3.56. The van der Waals surface area contributed by atoms with Crippen LogP contribution in [0.4, 0.5) is 15.8 Å². The molecule has 1 saturated carbocycles. The molecule has 0 spiro atoms. The smallest absolute Gasteiger partial charge is 0.148 e. The summed E-state index contributed by atoms with van der Waals surface area (Å²) in [4.78, 5) is 2.16. The van der Waals surface area contributed by atoms with Gasteiger partial charge in [0.2, 0.25) is 0 Å². The van der Waals surface area contributed by atoms with Crippen LogP contribution >= 0.6 is 0 Å². The zero-order chi connectivity index (χ0) is 14.8. The van der Waals surface area contributed by atoms with E-state index in [0.29, 0.717) is 12.0 Å². The van der Waals surface area contributed by atoms with Gasteiger partial charge in [-0.05, 0) is 49.3 Å². The molecule has 1 aromatic carbocycles. The molecule has 3 rings (SSSR count). The van der Waals surface area contributed by atoms with Crippen LogP contribution in [0.5, 0.6) is 0 Å². The number of anilines is 2. The summed E-state index contributed by atoms with van der Waals surface area (Å²) in [6, 6.07) is 6.15. The van der Waals surface area contributed by atoms with Crippen molar-refractivity contribution in [3.8, 4) is 0 Å². The number of hydrogen-bond acceptors (Lipinski definition) is 2. The van der Waals surface area contributed by atoms with Gasteiger partial charge in [-0.3, -0.25) is 0 Å². The molecular formula is C18H27FN2. The minimum Gasteiger partial charge on any atom is -0.382 e. The maximum absolute atomic E-state index is 14.3. The minimum absolute atomic E-state index is 0.0848. The molecule has 2 fully saturated rings. The minimum atomic E-state index is -0.0848. The van der Waals surface area contributed by atoms with Crippen molar-refractivity contribution in [1.82, 2.24) is 0 Å². The molecule has 1 aliphatic heterocycles. The van der Waals surface area contributed by atoms with Gasteiger partial charge in [-0.15, -0.1) is 0 Å². The van der Waals surface area contributed by atoms with Gasteiger partial charge in [0.1, 0.15) is 5.82 Å². The second-order valence-electron chi connectivity index (χ2n) is 6.88. The van der Waals surface area contributed by atoms with Gasteiger partial charge in [0.05, 0.1) is 5.69 Å². The molecule has 3 heteroatoms. The number of benzene rings is 1. The summed E-state index contributed by atoms with van der Waals surface area (Å²) in [6.45, 7) is 6.62. The van der Waals surface area contributed by atoms with Crippen LogP contribution in [0.2, 0.25) is 0 Å². The lowest BCUT2D eigenvalue weighted by Gasteiger charge is -2.35. The van der Waals surface area contributed by atoms with Gasteiger partial charge >= 0.3 is 0 Å². The molecular weight excluding hydrogens is 263 g/mol. The quantitative estimate of drug-likeness (QED) is 0.870. The van der Waals surface area contributed by atoms with Gasteiger partial charge in [0, 0.05) is 24.8 Å². The van der Waals surface area contributed by atoms with Crippen molar-refractivity contribution in [2.75, 3.05) is 23.3 Å². The summed E-state index contributed by atoms with van der Waals surface area (Å²) < 4.78 is 14.3. The highest BCUT2D eigenvalue weighted by atomic mass is 19.1. The van der Waals surface area contributed by atoms with Crippen LogP contribution in [-0.2, 0) is 0 Å². The van der Waals surface area contributed by atoms with E-state index >= 15 is 0 Å². The summed E-state index contributed by atoms with van der Waals surface area (Å²) in [5.41, 5.74) is 1.70. The average Bonchev–Trinajstić information content (AvgIpc) is 2.98. The SMILES string of the molecule is CC1CCCC(Nc2ccc(N3CCCC3)c(F)c2)C1C. The van der Waals surface area contributed by atoms with E-state index in [2.05, 4.69) is 24.1 Å².